The highest BCUT2D eigenvalue weighted by Gasteiger charge is 2.32. The van der Waals surface area contributed by atoms with E-state index in [2.05, 4.69) is 78.4 Å². The van der Waals surface area contributed by atoms with E-state index in [4.69, 9.17) is 4.74 Å². The summed E-state index contributed by atoms with van der Waals surface area (Å²) in [5.74, 6) is 1.20. The Balaban J connectivity index is 1.16. The van der Waals surface area contributed by atoms with Crippen molar-refractivity contribution in [3.05, 3.63) is 54.0 Å². The molecule has 4 aromatic rings. The second-order valence-electron chi connectivity index (χ2n) is 11.8. The molecule has 0 saturated carbocycles. The van der Waals surface area contributed by atoms with Crippen LogP contribution in [0.4, 0.5) is 16.2 Å². The predicted molar refractivity (Wildman–Crippen MR) is 152 cm³/mol. The number of rotatable bonds is 6. The summed E-state index contributed by atoms with van der Waals surface area (Å²) in [4.78, 5) is 27.3. The normalized spacial score (nSPS) is 19.2. The highest BCUT2D eigenvalue weighted by molar-refractivity contribution is 5.78. The fourth-order valence-electron chi connectivity index (χ4n) is 5.65. The fourth-order valence-corrected chi connectivity index (χ4v) is 5.65. The maximum Gasteiger partial charge on any atom is 0.229 e. The molecule has 0 aliphatic carbocycles. The first-order valence-electron chi connectivity index (χ1n) is 13.8. The number of hydrogen-bond acceptors (Lipinski definition) is 9. The number of piperazine rings is 1. The van der Waals surface area contributed by atoms with Crippen molar-refractivity contribution in [3.8, 4) is 11.3 Å². The molecule has 6 heterocycles. The van der Waals surface area contributed by atoms with E-state index in [1.807, 2.05) is 25.3 Å². The van der Waals surface area contributed by atoms with Gasteiger partial charge in [0.1, 0.15) is 17.3 Å². The molecule has 11 heteroatoms. The van der Waals surface area contributed by atoms with E-state index >= 15 is 0 Å². The molecule has 2 saturated heterocycles. The van der Waals surface area contributed by atoms with Crippen molar-refractivity contribution < 1.29 is 9.13 Å². The lowest BCUT2D eigenvalue weighted by Gasteiger charge is -2.45. The van der Waals surface area contributed by atoms with Crippen LogP contribution < -0.4 is 5.32 Å². The van der Waals surface area contributed by atoms with Crippen molar-refractivity contribution in [2.75, 3.05) is 38.2 Å². The maximum atomic E-state index is 14.9. The smallest absolute Gasteiger partial charge is 0.229 e. The SMILES string of the molecule is Cc1nc2ncc(-c3nc(Nc4ccc(CN5CCN(C6COC6)C[C@@H]5C)cn4)ncc3F)cc2n1C(C)(C)C. The number of ether oxygens (including phenoxy) is 1. The molecular formula is C29H36FN9O. The average Bonchev–Trinajstić information content (AvgIpc) is 3.22. The van der Waals surface area contributed by atoms with Gasteiger partial charge < -0.3 is 14.6 Å². The van der Waals surface area contributed by atoms with E-state index in [0.29, 0.717) is 29.1 Å². The number of nitrogens with zero attached hydrogens (tertiary/aromatic N) is 8. The van der Waals surface area contributed by atoms with Gasteiger partial charge in [-0.1, -0.05) is 6.07 Å². The van der Waals surface area contributed by atoms with Crippen molar-refractivity contribution in [2.45, 2.75) is 58.8 Å². The second kappa shape index (κ2) is 10.5. The topological polar surface area (TPSA) is 97.1 Å². The van der Waals surface area contributed by atoms with Crippen molar-refractivity contribution in [3.63, 3.8) is 0 Å². The van der Waals surface area contributed by atoms with Crippen LogP contribution in [-0.4, -0.2) is 84.2 Å². The molecule has 0 aromatic carbocycles. The number of pyridine rings is 2. The van der Waals surface area contributed by atoms with Crippen LogP contribution in [0.15, 0.2) is 36.8 Å². The van der Waals surface area contributed by atoms with Crippen LogP contribution in [0.2, 0.25) is 0 Å². The highest BCUT2D eigenvalue weighted by Crippen LogP contribution is 2.29. The Morgan fingerprint density at radius 1 is 1.05 bits per heavy atom. The lowest BCUT2D eigenvalue weighted by atomic mass is 10.1. The third-order valence-electron chi connectivity index (χ3n) is 7.75. The summed E-state index contributed by atoms with van der Waals surface area (Å²) in [7, 11) is 0. The zero-order valence-electron chi connectivity index (χ0n) is 23.7. The van der Waals surface area contributed by atoms with Gasteiger partial charge in [-0.3, -0.25) is 9.80 Å². The first kappa shape index (κ1) is 26.7. The molecule has 6 rings (SSSR count). The Kier molecular flexibility index (Phi) is 6.97. The van der Waals surface area contributed by atoms with Crippen LogP contribution in [-0.2, 0) is 16.8 Å². The summed E-state index contributed by atoms with van der Waals surface area (Å²) >= 11 is 0. The van der Waals surface area contributed by atoms with Gasteiger partial charge in [-0.05, 0) is 52.3 Å². The van der Waals surface area contributed by atoms with Crippen LogP contribution in [0, 0.1) is 12.7 Å². The van der Waals surface area contributed by atoms with Gasteiger partial charge >= 0.3 is 0 Å². The maximum absolute atomic E-state index is 14.9. The molecule has 210 valence electrons. The minimum Gasteiger partial charge on any atom is -0.378 e. The van der Waals surface area contributed by atoms with Gasteiger partial charge in [0.2, 0.25) is 5.95 Å². The molecule has 0 spiro atoms. The minimum atomic E-state index is -0.521. The number of anilines is 2. The van der Waals surface area contributed by atoms with Crippen molar-refractivity contribution >= 4 is 22.9 Å². The molecule has 2 aliphatic heterocycles. The molecule has 0 radical (unpaired) electrons. The largest absolute Gasteiger partial charge is 0.378 e. The summed E-state index contributed by atoms with van der Waals surface area (Å²) in [5, 5.41) is 3.12. The van der Waals surface area contributed by atoms with E-state index in [0.717, 1.165) is 56.3 Å². The van der Waals surface area contributed by atoms with E-state index < -0.39 is 5.82 Å². The lowest BCUT2D eigenvalue weighted by Crippen LogP contribution is -2.59. The first-order chi connectivity index (χ1) is 19.2. The molecule has 0 amide bonds. The number of halogens is 1. The summed E-state index contributed by atoms with van der Waals surface area (Å²) in [5.41, 5.74) is 3.13. The van der Waals surface area contributed by atoms with Gasteiger partial charge in [-0.2, -0.15) is 0 Å². The Labute approximate surface area is 233 Å². The highest BCUT2D eigenvalue weighted by atomic mass is 19.1. The van der Waals surface area contributed by atoms with Gasteiger partial charge in [0.15, 0.2) is 11.5 Å². The predicted octanol–water partition coefficient (Wildman–Crippen LogP) is 4.13. The molecule has 1 N–H and O–H groups in total. The van der Waals surface area contributed by atoms with Crippen LogP contribution in [0.3, 0.4) is 0 Å². The number of fused-ring (bicyclic) bond motifs is 1. The molecule has 2 aliphatic rings. The van der Waals surface area contributed by atoms with E-state index in [1.165, 1.54) is 6.20 Å². The zero-order valence-corrected chi connectivity index (χ0v) is 23.7. The molecular weight excluding hydrogens is 509 g/mol. The van der Waals surface area contributed by atoms with Gasteiger partial charge in [-0.15, -0.1) is 0 Å². The van der Waals surface area contributed by atoms with Crippen LogP contribution in [0.25, 0.3) is 22.4 Å². The summed E-state index contributed by atoms with van der Waals surface area (Å²) in [6, 6.07) is 6.91. The monoisotopic (exact) mass is 545 g/mol. The van der Waals surface area contributed by atoms with Crippen LogP contribution >= 0.6 is 0 Å². The third kappa shape index (κ3) is 5.28. The van der Waals surface area contributed by atoms with Crippen LogP contribution in [0.5, 0.6) is 0 Å². The fraction of sp³-hybridized carbons (Fsp3) is 0.483. The first-order valence-corrected chi connectivity index (χ1v) is 13.8. The summed E-state index contributed by atoms with van der Waals surface area (Å²) in [6.07, 6.45) is 4.65. The average molecular weight is 546 g/mol. The standard InChI is InChI=1S/C29H36FN9O/c1-18-14-38(22-16-40-17-22)9-8-37(18)15-20-6-7-25(31-11-20)35-28-33-13-23(30)26(36-28)21-10-24-27(32-12-21)34-19(2)39(24)29(3,4)5/h6-7,10-13,18,22H,8-9,14-17H2,1-5H3,(H,31,33,35,36)/t18-/m0/s1. The Hall–Kier alpha value is -3.54. The number of aromatic nitrogens is 6. The zero-order chi connectivity index (χ0) is 28.0. The quantitative estimate of drug-likeness (QED) is 0.384. The Morgan fingerprint density at radius 3 is 2.55 bits per heavy atom. The number of imidazole rings is 1. The molecule has 0 unspecified atom stereocenters. The van der Waals surface area contributed by atoms with E-state index in [9.17, 15) is 4.39 Å². The number of hydrogen-bond donors (Lipinski definition) is 1. The van der Waals surface area contributed by atoms with Gasteiger partial charge in [-0.25, -0.2) is 29.3 Å². The molecule has 1 atom stereocenters. The number of aryl methyl sites for hydroxylation is 1. The second-order valence-corrected chi connectivity index (χ2v) is 11.8. The van der Waals surface area contributed by atoms with Crippen molar-refractivity contribution in [1.29, 1.82) is 0 Å². The molecule has 2 fully saturated rings. The Bertz CT molecular complexity index is 1510. The van der Waals surface area contributed by atoms with Gasteiger partial charge in [0.05, 0.1) is 31.0 Å². The Morgan fingerprint density at radius 2 is 1.88 bits per heavy atom. The molecule has 4 aromatic heterocycles. The summed E-state index contributed by atoms with van der Waals surface area (Å²) < 4.78 is 22.4. The van der Waals surface area contributed by atoms with E-state index in [-0.39, 0.29) is 17.2 Å². The number of nitrogens with one attached hydrogen (secondary N) is 1. The van der Waals surface area contributed by atoms with Gasteiger partial charge in [0.25, 0.3) is 0 Å². The molecule has 40 heavy (non-hydrogen) atoms. The van der Waals surface area contributed by atoms with Crippen LogP contribution in [0.1, 0.15) is 39.1 Å². The molecule has 0 bridgehead atoms. The minimum absolute atomic E-state index is 0.171. The van der Waals surface area contributed by atoms with Crippen molar-refractivity contribution in [2.24, 2.45) is 0 Å². The lowest BCUT2D eigenvalue weighted by molar-refractivity contribution is -0.0855. The van der Waals surface area contributed by atoms with E-state index in [1.54, 1.807) is 6.20 Å². The summed E-state index contributed by atoms with van der Waals surface area (Å²) in [6.45, 7) is 16.3. The van der Waals surface area contributed by atoms with Gasteiger partial charge in [0, 0.05) is 55.7 Å². The van der Waals surface area contributed by atoms with Crippen molar-refractivity contribution in [1.82, 2.24) is 39.3 Å². The molecule has 10 nitrogen and oxygen atoms in total. The third-order valence-corrected chi connectivity index (χ3v) is 7.75.